The Morgan fingerprint density at radius 2 is 2.12 bits per heavy atom. The van der Waals surface area contributed by atoms with Gasteiger partial charge in [0.1, 0.15) is 10.5 Å². The summed E-state index contributed by atoms with van der Waals surface area (Å²) in [7, 11) is 0. The van der Waals surface area contributed by atoms with Crippen molar-refractivity contribution in [2.45, 2.75) is 57.1 Å². The number of nitrogens with one attached hydrogen (secondary N) is 1. The van der Waals surface area contributed by atoms with Crippen molar-refractivity contribution in [1.29, 1.82) is 0 Å². The van der Waals surface area contributed by atoms with Crippen molar-refractivity contribution in [2.75, 3.05) is 11.1 Å². The molecule has 0 fully saturated rings. The van der Waals surface area contributed by atoms with Gasteiger partial charge < -0.3 is 5.32 Å². The molecule has 0 saturated carbocycles. The van der Waals surface area contributed by atoms with Gasteiger partial charge in [-0.05, 0) is 37.3 Å². The lowest BCUT2D eigenvalue weighted by atomic mass is 10.2. The van der Waals surface area contributed by atoms with Crippen LogP contribution in [0.1, 0.15) is 43.0 Å². The molecule has 10 heteroatoms. The largest absolute Gasteiger partial charge is 0.320 e. The fraction of sp³-hybridized carbons (Fsp3) is 0.409. The number of nitrogens with zero attached hydrogens (tertiary/aromatic N) is 3. The van der Waals surface area contributed by atoms with Crippen LogP contribution < -0.4 is 10.9 Å². The minimum atomic E-state index is -0.528. The number of aryl methyl sites for hydroxylation is 2. The quantitative estimate of drug-likeness (QED) is 0.158. The number of benzene rings is 1. The van der Waals surface area contributed by atoms with Gasteiger partial charge in [-0.1, -0.05) is 43.7 Å². The van der Waals surface area contributed by atoms with Gasteiger partial charge in [-0.25, -0.2) is 4.98 Å². The highest BCUT2D eigenvalue weighted by Gasteiger charge is 2.24. The second kappa shape index (κ2) is 9.83. The number of carbonyl (C=O) groups excluding carboxylic acids is 1. The minimum absolute atomic E-state index is 0.00284. The Hall–Kier alpha value is -2.72. The summed E-state index contributed by atoms with van der Waals surface area (Å²) in [6.07, 6.45) is 5.91. The third kappa shape index (κ3) is 4.56. The first kappa shape index (κ1) is 22.5. The number of hydrogen-bond acceptors (Lipinski definition) is 7. The molecule has 0 aliphatic heterocycles. The average Bonchev–Trinajstić information content (AvgIpc) is 3.35. The van der Waals surface area contributed by atoms with Gasteiger partial charge in [0.2, 0.25) is 5.91 Å². The van der Waals surface area contributed by atoms with Gasteiger partial charge in [0.05, 0.1) is 16.1 Å². The standard InChI is InChI=1S/C22H24N4O4S2/c1-2-3-6-12-25-21(28)19-14-8-7-11-17(14)32-20(19)24-22(25)31-13-18(27)23-15-9-4-5-10-16(15)26(29)30/h4-5,9-10H,2-3,6-8,11-13H2,1H3,(H,23,27). The number of unbranched alkanes of at least 4 members (excludes halogenated alkanes) is 2. The number of para-hydroxylation sites is 2. The van der Waals surface area contributed by atoms with E-state index in [4.69, 9.17) is 4.98 Å². The van der Waals surface area contributed by atoms with Crippen LogP contribution in [0.4, 0.5) is 11.4 Å². The monoisotopic (exact) mass is 472 g/mol. The number of thiophene rings is 1. The highest BCUT2D eigenvalue weighted by molar-refractivity contribution is 7.99. The number of nitro groups is 1. The number of hydrogen-bond donors (Lipinski definition) is 1. The van der Waals surface area contributed by atoms with Crippen LogP contribution in [0.5, 0.6) is 0 Å². The predicted molar refractivity (Wildman–Crippen MR) is 128 cm³/mol. The summed E-state index contributed by atoms with van der Waals surface area (Å²) in [6.45, 7) is 2.67. The molecule has 1 aliphatic rings. The lowest BCUT2D eigenvalue weighted by Gasteiger charge is -2.12. The average molecular weight is 473 g/mol. The van der Waals surface area contributed by atoms with E-state index < -0.39 is 4.92 Å². The Morgan fingerprint density at radius 3 is 2.91 bits per heavy atom. The van der Waals surface area contributed by atoms with Gasteiger partial charge in [0, 0.05) is 17.5 Å². The minimum Gasteiger partial charge on any atom is -0.320 e. The fourth-order valence-electron chi connectivity index (χ4n) is 3.94. The normalized spacial score (nSPS) is 12.8. The molecule has 1 aromatic carbocycles. The van der Waals surface area contributed by atoms with Crippen LogP contribution in [0.25, 0.3) is 10.2 Å². The molecule has 32 heavy (non-hydrogen) atoms. The maximum atomic E-state index is 13.4. The van der Waals surface area contributed by atoms with Crippen LogP contribution in [0.3, 0.4) is 0 Å². The molecule has 1 amide bonds. The van der Waals surface area contributed by atoms with Crippen LogP contribution >= 0.6 is 23.1 Å². The number of anilines is 1. The summed E-state index contributed by atoms with van der Waals surface area (Å²) in [5, 5.41) is 15.0. The number of fused-ring (bicyclic) bond motifs is 3. The Kier molecular flexibility index (Phi) is 6.90. The number of aromatic nitrogens is 2. The van der Waals surface area contributed by atoms with Crippen molar-refractivity contribution < 1.29 is 9.72 Å². The molecule has 0 radical (unpaired) electrons. The van der Waals surface area contributed by atoms with Gasteiger partial charge in [-0.3, -0.25) is 24.3 Å². The van der Waals surface area contributed by atoms with Crippen LogP contribution in [-0.2, 0) is 24.2 Å². The first-order valence-corrected chi connectivity index (χ1v) is 12.5. The van der Waals surface area contributed by atoms with Gasteiger partial charge in [0.15, 0.2) is 5.16 Å². The highest BCUT2D eigenvalue weighted by atomic mass is 32.2. The Balaban J connectivity index is 1.58. The maximum absolute atomic E-state index is 13.4. The molecule has 4 rings (SSSR count). The molecule has 0 unspecified atom stereocenters. The molecule has 0 bridgehead atoms. The van der Waals surface area contributed by atoms with Crippen LogP contribution in [0, 0.1) is 10.1 Å². The molecular weight excluding hydrogens is 448 g/mol. The van der Waals surface area contributed by atoms with Crippen LogP contribution in [-0.4, -0.2) is 26.1 Å². The molecule has 1 N–H and O–H groups in total. The van der Waals surface area contributed by atoms with E-state index >= 15 is 0 Å². The zero-order valence-corrected chi connectivity index (χ0v) is 19.4. The zero-order chi connectivity index (χ0) is 22.7. The first-order valence-electron chi connectivity index (χ1n) is 10.7. The number of nitro benzene ring substituents is 1. The molecule has 0 atom stereocenters. The Labute approximate surface area is 193 Å². The third-order valence-electron chi connectivity index (χ3n) is 5.48. The van der Waals surface area contributed by atoms with Gasteiger partial charge >= 0.3 is 0 Å². The summed E-state index contributed by atoms with van der Waals surface area (Å²) in [5.74, 6) is -0.379. The van der Waals surface area contributed by atoms with E-state index in [1.54, 1.807) is 28.0 Å². The van der Waals surface area contributed by atoms with Crippen molar-refractivity contribution >= 4 is 50.6 Å². The Bertz CT molecular complexity index is 1230. The maximum Gasteiger partial charge on any atom is 0.292 e. The van der Waals surface area contributed by atoms with Crippen molar-refractivity contribution in [3.63, 3.8) is 0 Å². The number of amides is 1. The SMILES string of the molecule is CCCCCn1c(SCC(=O)Nc2ccccc2[N+](=O)[O-])nc2sc3c(c2c1=O)CCC3. The Morgan fingerprint density at radius 1 is 1.31 bits per heavy atom. The van der Waals surface area contributed by atoms with Gasteiger partial charge in [-0.2, -0.15) is 0 Å². The fourth-order valence-corrected chi connectivity index (χ4v) is 6.07. The molecule has 2 heterocycles. The van der Waals surface area contributed by atoms with Crippen LogP contribution in [0.15, 0.2) is 34.2 Å². The number of carbonyl (C=O) groups is 1. The summed E-state index contributed by atoms with van der Waals surface area (Å²) < 4.78 is 1.70. The molecule has 2 aromatic heterocycles. The van der Waals surface area contributed by atoms with E-state index in [-0.39, 0.29) is 28.6 Å². The molecule has 8 nitrogen and oxygen atoms in total. The summed E-state index contributed by atoms with van der Waals surface area (Å²) in [6, 6.07) is 6.03. The predicted octanol–water partition coefficient (Wildman–Crippen LogP) is 4.78. The van der Waals surface area contributed by atoms with Crippen molar-refractivity contribution in [3.8, 4) is 0 Å². The smallest absolute Gasteiger partial charge is 0.292 e. The summed E-state index contributed by atoms with van der Waals surface area (Å²) in [4.78, 5) is 43.3. The first-order chi connectivity index (χ1) is 15.5. The second-order valence-electron chi connectivity index (χ2n) is 7.71. The number of thioether (sulfide) groups is 1. The lowest BCUT2D eigenvalue weighted by Crippen LogP contribution is -2.24. The molecule has 3 aromatic rings. The van der Waals surface area contributed by atoms with E-state index in [1.807, 2.05) is 0 Å². The van der Waals surface area contributed by atoms with E-state index in [0.717, 1.165) is 54.3 Å². The third-order valence-corrected chi connectivity index (χ3v) is 7.64. The van der Waals surface area contributed by atoms with E-state index in [9.17, 15) is 19.7 Å². The van der Waals surface area contributed by atoms with E-state index in [2.05, 4.69) is 12.2 Å². The van der Waals surface area contributed by atoms with Gasteiger partial charge in [0.25, 0.3) is 11.2 Å². The second-order valence-corrected chi connectivity index (χ2v) is 9.73. The van der Waals surface area contributed by atoms with Crippen molar-refractivity contribution in [3.05, 3.63) is 55.2 Å². The zero-order valence-electron chi connectivity index (χ0n) is 17.8. The lowest BCUT2D eigenvalue weighted by molar-refractivity contribution is -0.383. The van der Waals surface area contributed by atoms with E-state index in [1.165, 1.54) is 28.8 Å². The molecule has 0 saturated heterocycles. The molecule has 168 valence electrons. The van der Waals surface area contributed by atoms with E-state index in [0.29, 0.717) is 11.7 Å². The topological polar surface area (TPSA) is 107 Å². The highest BCUT2D eigenvalue weighted by Crippen LogP contribution is 2.35. The van der Waals surface area contributed by atoms with Crippen molar-refractivity contribution in [1.82, 2.24) is 9.55 Å². The molecule has 1 aliphatic carbocycles. The van der Waals surface area contributed by atoms with Crippen LogP contribution in [0.2, 0.25) is 0 Å². The molecule has 0 spiro atoms. The summed E-state index contributed by atoms with van der Waals surface area (Å²) >= 11 is 2.77. The molecular formula is C22H24N4O4S2. The summed E-state index contributed by atoms with van der Waals surface area (Å²) in [5.41, 5.74) is 1.13. The number of rotatable bonds is 9. The van der Waals surface area contributed by atoms with Gasteiger partial charge in [-0.15, -0.1) is 11.3 Å². The van der Waals surface area contributed by atoms with Crippen molar-refractivity contribution in [2.24, 2.45) is 0 Å².